The van der Waals surface area contributed by atoms with Crippen LogP contribution in [0.1, 0.15) is 40.0 Å². The summed E-state index contributed by atoms with van der Waals surface area (Å²) in [7, 11) is 1.93. The van der Waals surface area contributed by atoms with Gasteiger partial charge in [-0.05, 0) is 40.7 Å². The third kappa shape index (κ3) is 3.16. The second-order valence-corrected chi connectivity index (χ2v) is 5.27. The van der Waals surface area contributed by atoms with Gasteiger partial charge in [-0.3, -0.25) is 4.90 Å². The zero-order valence-electron chi connectivity index (χ0n) is 10.6. The van der Waals surface area contributed by atoms with Crippen molar-refractivity contribution < 1.29 is 5.11 Å². The predicted molar refractivity (Wildman–Crippen MR) is 64.0 cm³/mol. The zero-order valence-corrected chi connectivity index (χ0v) is 10.6. The maximum atomic E-state index is 9.40. The maximum Gasteiger partial charge on any atom is 0.0623 e. The highest BCUT2D eigenvalue weighted by Gasteiger charge is 2.31. The number of rotatable bonds is 4. The Balaban J connectivity index is 2.61. The van der Waals surface area contributed by atoms with Crippen molar-refractivity contribution in [2.45, 2.75) is 57.7 Å². The molecular formula is C12H26N2O. The van der Waals surface area contributed by atoms with Crippen molar-refractivity contribution in [3.8, 4) is 0 Å². The molecule has 0 aromatic heterocycles. The third-order valence-electron chi connectivity index (χ3n) is 3.86. The Kier molecular flexibility index (Phi) is 4.56. The summed E-state index contributed by atoms with van der Waals surface area (Å²) in [5, 5.41) is 12.6. The Morgan fingerprint density at radius 3 is 2.27 bits per heavy atom. The Hall–Kier alpha value is -0.120. The van der Waals surface area contributed by atoms with Gasteiger partial charge in [0.25, 0.3) is 0 Å². The van der Waals surface area contributed by atoms with E-state index in [0.717, 1.165) is 6.54 Å². The molecule has 15 heavy (non-hydrogen) atoms. The lowest BCUT2D eigenvalue weighted by Gasteiger charge is -2.43. The van der Waals surface area contributed by atoms with E-state index in [1.165, 1.54) is 19.3 Å². The minimum Gasteiger partial charge on any atom is -0.394 e. The van der Waals surface area contributed by atoms with Gasteiger partial charge in [0.15, 0.2) is 0 Å². The van der Waals surface area contributed by atoms with Crippen LogP contribution in [0, 0.1) is 0 Å². The number of hydrogen-bond donors (Lipinski definition) is 2. The molecule has 3 heteroatoms. The van der Waals surface area contributed by atoms with E-state index in [2.05, 4.69) is 31.0 Å². The average Bonchev–Trinajstić information content (AvgIpc) is 2.23. The molecule has 1 aliphatic rings. The predicted octanol–water partition coefficient (Wildman–Crippen LogP) is 1.22. The highest BCUT2D eigenvalue weighted by Crippen LogP contribution is 2.24. The maximum absolute atomic E-state index is 9.40. The lowest BCUT2D eigenvalue weighted by atomic mass is 9.93. The largest absolute Gasteiger partial charge is 0.394 e. The molecule has 1 rings (SSSR count). The normalized spacial score (nSPS) is 32.6. The molecule has 1 unspecified atom stereocenters. The molecule has 90 valence electrons. The molecule has 0 amide bonds. The van der Waals surface area contributed by atoms with E-state index in [-0.39, 0.29) is 12.1 Å². The number of aliphatic hydroxyl groups is 1. The summed E-state index contributed by atoms with van der Waals surface area (Å²) in [4.78, 5) is 2.52. The van der Waals surface area contributed by atoms with Crippen LogP contribution in [-0.4, -0.2) is 47.8 Å². The monoisotopic (exact) mass is 214 g/mol. The van der Waals surface area contributed by atoms with Gasteiger partial charge in [-0.1, -0.05) is 6.42 Å². The molecule has 0 spiro atoms. The first-order valence-electron chi connectivity index (χ1n) is 6.08. The number of hydrogen-bond acceptors (Lipinski definition) is 3. The fourth-order valence-electron chi connectivity index (χ4n) is 2.40. The van der Waals surface area contributed by atoms with Crippen LogP contribution >= 0.6 is 0 Å². The standard InChI is InChI=1S/C12H26N2O/c1-10-6-5-7-11(2)14(10)8-12(3,9-15)13-4/h10-11,13,15H,5-9H2,1-4H3/t10-,11+,12?. The molecule has 3 nitrogen and oxygen atoms in total. The third-order valence-corrected chi connectivity index (χ3v) is 3.86. The molecule has 0 aromatic carbocycles. The molecule has 1 saturated heterocycles. The highest BCUT2D eigenvalue weighted by molar-refractivity contribution is 4.90. The lowest BCUT2D eigenvalue weighted by molar-refractivity contribution is 0.0504. The first-order valence-corrected chi connectivity index (χ1v) is 6.08. The van der Waals surface area contributed by atoms with Gasteiger partial charge < -0.3 is 10.4 Å². The van der Waals surface area contributed by atoms with E-state index in [9.17, 15) is 5.11 Å². The van der Waals surface area contributed by atoms with Gasteiger partial charge in [0.05, 0.1) is 12.1 Å². The molecular weight excluding hydrogens is 188 g/mol. The molecule has 1 aliphatic heterocycles. The zero-order chi connectivity index (χ0) is 11.5. The van der Waals surface area contributed by atoms with Crippen LogP contribution in [0.3, 0.4) is 0 Å². The van der Waals surface area contributed by atoms with E-state index in [0.29, 0.717) is 12.1 Å². The van der Waals surface area contributed by atoms with Crippen molar-refractivity contribution in [1.82, 2.24) is 10.2 Å². The van der Waals surface area contributed by atoms with Crippen molar-refractivity contribution in [3.63, 3.8) is 0 Å². The molecule has 0 bridgehead atoms. The van der Waals surface area contributed by atoms with E-state index in [1.54, 1.807) is 0 Å². The second kappa shape index (κ2) is 5.28. The summed E-state index contributed by atoms with van der Waals surface area (Å²) in [6, 6.07) is 1.29. The Morgan fingerprint density at radius 1 is 1.33 bits per heavy atom. The van der Waals surface area contributed by atoms with Crippen LogP contribution in [0.5, 0.6) is 0 Å². The fraction of sp³-hybridized carbons (Fsp3) is 1.00. The number of likely N-dealkylation sites (N-methyl/N-ethyl adjacent to an activating group) is 1. The van der Waals surface area contributed by atoms with Crippen LogP contribution in [0.15, 0.2) is 0 Å². The molecule has 0 aromatic rings. The second-order valence-electron chi connectivity index (χ2n) is 5.27. The highest BCUT2D eigenvalue weighted by atomic mass is 16.3. The van der Waals surface area contributed by atoms with Crippen LogP contribution in [0.2, 0.25) is 0 Å². The topological polar surface area (TPSA) is 35.5 Å². The number of nitrogens with zero attached hydrogens (tertiary/aromatic N) is 1. The van der Waals surface area contributed by atoms with Crippen LogP contribution < -0.4 is 5.32 Å². The fourth-order valence-corrected chi connectivity index (χ4v) is 2.40. The molecule has 1 fully saturated rings. The van der Waals surface area contributed by atoms with Crippen LogP contribution in [-0.2, 0) is 0 Å². The molecule has 0 saturated carbocycles. The van der Waals surface area contributed by atoms with Crippen molar-refractivity contribution in [3.05, 3.63) is 0 Å². The van der Waals surface area contributed by atoms with Crippen LogP contribution in [0.25, 0.3) is 0 Å². The Bertz CT molecular complexity index is 182. The van der Waals surface area contributed by atoms with Crippen molar-refractivity contribution >= 4 is 0 Å². The summed E-state index contributed by atoms with van der Waals surface area (Å²) >= 11 is 0. The molecule has 2 N–H and O–H groups in total. The summed E-state index contributed by atoms with van der Waals surface area (Å²) in [5.41, 5.74) is -0.167. The minimum absolute atomic E-state index is 0.167. The number of likely N-dealkylation sites (tertiary alicyclic amines) is 1. The summed E-state index contributed by atoms with van der Waals surface area (Å²) in [5.74, 6) is 0. The van der Waals surface area contributed by atoms with E-state index in [4.69, 9.17) is 0 Å². The van der Waals surface area contributed by atoms with Crippen molar-refractivity contribution in [1.29, 1.82) is 0 Å². The smallest absolute Gasteiger partial charge is 0.0623 e. The van der Waals surface area contributed by atoms with E-state index in [1.807, 2.05) is 7.05 Å². The van der Waals surface area contributed by atoms with E-state index >= 15 is 0 Å². The van der Waals surface area contributed by atoms with Gasteiger partial charge in [-0.15, -0.1) is 0 Å². The molecule has 0 aliphatic carbocycles. The number of aliphatic hydroxyl groups excluding tert-OH is 1. The number of nitrogens with one attached hydrogen (secondary N) is 1. The lowest BCUT2D eigenvalue weighted by Crippen LogP contribution is -2.57. The van der Waals surface area contributed by atoms with Gasteiger partial charge in [0, 0.05) is 18.6 Å². The SMILES string of the molecule is CNC(C)(CO)CN1[C@H](C)CCC[C@@H]1C. The Morgan fingerprint density at radius 2 is 1.87 bits per heavy atom. The molecule has 1 heterocycles. The number of piperidine rings is 1. The van der Waals surface area contributed by atoms with Gasteiger partial charge in [0.2, 0.25) is 0 Å². The molecule has 3 atom stereocenters. The first kappa shape index (κ1) is 12.9. The van der Waals surface area contributed by atoms with Gasteiger partial charge in [-0.2, -0.15) is 0 Å². The van der Waals surface area contributed by atoms with Crippen molar-refractivity contribution in [2.24, 2.45) is 0 Å². The quantitative estimate of drug-likeness (QED) is 0.738. The summed E-state index contributed by atoms with van der Waals surface area (Å²) in [6.07, 6.45) is 3.92. The van der Waals surface area contributed by atoms with Gasteiger partial charge >= 0.3 is 0 Å². The average molecular weight is 214 g/mol. The van der Waals surface area contributed by atoms with Gasteiger partial charge in [0.1, 0.15) is 0 Å². The van der Waals surface area contributed by atoms with Crippen LogP contribution in [0.4, 0.5) is 0 Å². The Labute approximate surface area is 93.9 Å². The first-order chi connectivity index (χ1) is 7.02. The van der Waals surface area contributed by atoms with Crippen molar-refractivity contribution in [2.75, 3.05) is 20.2 Å². The minimum atomic E-state index is -0.167. The summed E-state index contributed by atoms with van der Waals surface area (Å²) < 4.78 is 0. The molecule has 0 radical (unpaired) electrons. The van der Waals surface area contributed by atoms with Gasteiger partial charge in [-0.25, -0.2) is 0 Å². The summed E-state index contributed by atoms with van der Waals surface area (Å²) in [6.45, 7) is 7.80. The van der Waals surface area contributed by atoms with E-state index < -0.39 is 0 Å².